The predicted octanol–water partition coefficient (Wildman–Crippen LogP) is 1.90. The molecule has 0 atom stereocenters. The van der Waals surface area contributed by atoms with Crippen LogP contribution in [-0.2, 0) is 0 Å². The van der Waals surface area contributed by atoms with Gasteiger partial charge in [0, 0.05) is 24.2 Å². The predicted molar refractivity (Wildman–Crippen MR) is 76.0 cm³/mol. The van der Waals surface area contributed by atoms with E-state index in [9.17, 15) is 14.9 Å². The molecule has 0 bridgehead atoms. The number of halogens is 1. The van der Waals surface area contributed by atoms with Gasteiger partial charge >= 0.3 is 0 Å². The number of amides is 1. The Morgan fingerprint density at radius 2 is 2.30 bits per heavy atom. The molecule has 1 aliphatic heterocycles. The molecule has 0 saturated heterocycles. The van der Waals surface area contributed by atoms with Gasteiger partial charge in [0.05, 0.1) is 4.92 Å². The van der Waals surface area contributed by atoms with Gasteiger partial charge in [-0.15, -0.1) is 0 Å². The molecule has 0 unspecified atom stereocenters. The second kappa shape index (κ2) is 6.49. The van der Waals surface area contributed by atoms with Crippen LogP contribution in [0.1, 0.15) is 16.8 Å². The van der Waals surface area contributed by atoms with E-state index in [2.05, 4.69) is 10.6 Å². The lowest BCUT2D eigenvalue weighted by Gasteiger charge is -2.14. The molecule has 1 heterocycles. The van der Waals surface area contributed by atoms with E-state index in [-0.39, 0.29) is 11.3 Å². The summed E-state index contributed by atoms with van der Waals surface area (Å²) in [5.41, 5.74) is 0.852. The number of nitro benzene ring substituents is 1. The number of carbonyl (C=O) groups is 1. The van der Waals surface area contributed by atoms with E-state index in [1.54, 1.807) is 0 Å². The molecule has 6 nitrogen and oxygen atoms in total. The second-order valence-corrected chi connectivity index (χ2v) is 4.85. The normalized spacial score (nSPS) is 14.6. The van der Waals surface area contributed by atoms with E-state index in [0.29, 0.717) is 11.6 Å². The van der Waals surface area contributed by atoms with E-state index in [1.165, 1.54) is 18.2 Å². The van der Waals surface area contributed by atoms with Crippen molar-refractivity contribution in [3.63, 3.8) is 0 Å². The third-order valence-electron chi connectivity index (χ3n) is 3.03. The molecule has 1 aromatic carbocycles. The average Bonchev–Trinajstić information content (AvgIpc) is 2.45. The maximum atomic E-state index is 12.0. The van der Waals surface area contributed by atoms with Crippen molar-refractivity contribution < 1.29 is 9.72 Å². The topological polar surface area (TPSA) is 84.3 Å². The maximum Gasteiger partial charge on any atom is 0.282 e. The zero-order chi connectivity index (χ0) is 14.5. The summed E-state index contributed by atoms with van der Waals surface area (Å²) in [6, 6.07) is 3.94. The summed E-state index contributed by atoms with van der Waals surface area (Å²) < 4.78 is 0. The van der Waals surface area contributed by atoms with Crippen LogP contribution in [0.5, 0.6) is 0 Å². The quantitative estimate of drug-likeness (QED) is 0.505. The third-order valence-corrected chi connectivity index (χ3v) is 3.27. The number of carbonyl (C=O) groups excluding carboxylic acids is 1. The Kier molecular flexibility index (Phi) is 4.70. The Bertz CT molecular complexity index is 572. The molecule has 2 rings (SSSR count). The minimum absolute atomic E-state index is 0.0166. The SMILES string of the molecule is O=C(NCC1=CCNCC1)c1cc(Cl)ccc1[N+](=O)[O-]. The van der Waals surface area contributed by atoms with Crippen LogP contribution in [0.2, 0.25) is 5.02 Å². The highest BCUT2D eigenvalue weighted by Gasteiger charge is 2.20. The van der Waals surface area contributed by atoms with E-state index in [1.807, 2.05) is 6.08 Å². The van der Waals surface area contributed by atoms with E-state index in [4.69, 9.17) is 11.6 Å². The van der Waals surface area contributed by atoms with Crippen LogP contribution < -0.4 is 10.6 Å². The zero-order valence-corrected chi connectivity index (χ0v) is 11.4. The molecule has 20 heavy (non-hydrogen) atoms. The number of nitrogens with zero attached hydrogens (tertiary/aromatic N) is 1. The van der Waals surface area contributed by atoms with E-state index >= 15 is 0 Å². The molecule has 2 N–H and O–H groups in total. The molecule has 0 aliphatic carbocycles. The van der Waals surface area contributed by atoms with Crippen LogP contribution in [0, 0.1) is 10.1 Å². The molecule has 0 saturated carbocycles. The highest BCUT2D eigenvalue weighted by molar-refractivity contribution is 6.31. The van der Waals surface area contributed by atoms with Crippen LogP contribution in [0.3, 0.4) is 0 Å². The maximum absolute atomic E-state index is 12.0. The largest absolute Gasteiger partial charge is 0.348 e. The summed E-state index contributed by atoms with van der Waals surface area (Å²) in [4.78, 5) is 22.4. The molecular weight excluding hydrogens is 282 g/mol. The Morgan fingerprint density at radius 1 is 1.50 bits per heavy atom. The van der Waals surface area contributed by atoms with Gasteiger partial charge in [-0.25, -0.2) is 0 Å². The van der Waals surface area contributed by atoms with Gasteiger partial charge in [0.1, 0.15) is 5.56 Å². The van der Waals surface area contributed by atoms with Crippen LogP contribution in [-0.4, -0.2) is 30.5 Å². The number of rotatable bonds is 4. The number of nitro groups is 1. The number of hydrogen-bond donors (Lipinski definition) is 2. The second-order valence-electron chi connectivity index (χ2n) is 4.42. The van der Waals surface area contributed by atoms with Gasteiger partial charge in [0.25, 0.3) is 11.6 Å². The van der Waals surface area contributed by atoms with Crippen molar-refractivity contribution in [3.8, 4) is 0 Å². The summed E-state index contributed by atoms with van der Waals surface area (Å²) >= 11 is 5.79. The molecule has 0 aromatic heterocycles. The first-order valence-electron chi connectivity index (χ1n) is 6.18. The van der Waals surface area contributed by atoms with Crippen molar-refractivity contribution in [1.29, 1.82) is 0 Å². The minimum Gasteiger partial charge on any atom is -0.348 e. The third kappa shape index (κ3) is 3.55. The molecule has 0 radical (unpaired) electrons. The Labute approximate surface area is 121 Å². The lowest BCUT2D eigenvalue weighted by Crippen LogP contribution is -2.30. The lowest BCUT2D eigenvalue weighted by atomic mass is 10.1. The fourth-order valence-corrected chi connectivity index (χ4v) is 2.14. The molecule has 0 fully saturated rings. The fourth-order valence-electron chi connectivity index (χ4n) is 1.97. The summed E-state index contributed by atoms with van der Waals surface area (Å²) in [6.07, 6.45) is 2.87. The van der Waals surface area contributed by atoms with Crippen LogP contribution >= 0.6 is 11.6 Å². The molecule has 1 aromatic rings. The van der Waals surface area contributed by atoms with Gasteiger partial charge in [-0.05, 0) is 25.1 Å². The molecule has 7 heteroatoms. The average molecular weight is 296 g/mol. The van der Waals surface area contributed by atoms with Crippen LogP contribution in [0.15, 0.2) is 29.8 Å². The zero-order valence-electron chi connectivity index (χ0n) is 10.7. The van der Waals surface area contributed by atoms with Crippen molar-refractivity contribution in [3.05, 3.63) is 50.5 Å². The van der Waals surface area contributed by atoms with Crippen LogP contribution in [0.25, 0.3) is 0 Å². The first kappa shape index (κ1) is 14.5. The molecule has 106 valence electrons. The van der Waals surface area contributed by atoms with Gasteiger partial charge in [-0.1, -0.05) is 23.3 Å². The number of benzene rings is 1. The lowest BCUT2D eigenvalue weighted by molar-refractivity contribution is -0.385. The molecule has 0 spiro atoms. The van der Waals surface area contributed by atoms with Crippen molar-refractivity contribution in [2.24, 2.45) is 0 Å². The first-order valence-corrected chi connectivity index (χ1v) is 6.56. The molecule has 1 aliphatic rings. The molecular formula is C13H14ClN3O3. The van der Waals surface area contributed by atoms with Crippen molar-refractivity contribution in [2.45, 2.75) is 6.42 Å². The van der Waals surface area contributed by atoms with Crippen molar-refractivity contribution in [1.82, 2.24) is 10.6 Å². The fraction of sp³-hybridized carbons (Fsp3) is 0.308. The van der Waals surface area contributed by atoms with Crippen molar-refractivity contribution in [2.75, 3.05) is 19.6 Å². The Morgan fingerprint density at radius 3 is 2.95 bits per heavy atom. The monoisotopic (exact) mass is 295 g/mol. The van der Waals surface area contributed by atoms with Gasteiger partial charge in [-0.3, -0.25) is 14.9 Å². The Balaban J connectivity index is 2.10. The molecule has 1 amide bonds. The Hall–Kier alpha value is -1.92. The van der Waals surface area contributed by atoms with Gasteiger partial charge in [-0.2, -0.15) is 0 Å². The van der Waals surface area contributed by atoms with Crippen molar-refractivity contribution >= 4 is 23.2 Å². The first-order chi connectivity index (χ1) is 9.58. The highest BCUT2D eigenvalue weighted by atomic mass is 35.5. The summed E-state index contributed by atoms with van der Waals surface area (Å²) in [5, 5.41) is 17.1. The van der Waals surface area contributed by atoms with Gasteiger partial charge in [0.2, 0.25) is 0 Å². The summed E-state index contributed by atoms with van der Waals surface area (Å²) in [7, 11) is 0. The summed E-state index contributed by atoms with van der Waals surface area (Å²) in [5.74, 6) is -0.487. The standard InChI is InChI=1S/C13H14ClN3O3/c14-10-1-2-12(17(19)20)11(7-10)13(18)16-8-9-3-5-15-6-4-9/h1-3,7,15H,4-6,8H2,(H,16,18). The van der Waals surface area contributed by atoms with Gasteiger partial charge < -0.3 is 10.6 Å². The number of nitrogens with one attached hydrogen (secondary N) is 2. The highest BCUT2D eigenvalue weighted by Crippen LogP contribution is 2.22. The van der Waals surface area contributed by atoms with Crippen LogP contribution in [0.4, 0.5) is 5.69 Å². The number of hydrogen-bond acceptors (Lipinski definition) is 4. The van der Waals surface area contributed by atoms with Gasteiger partial charge in [0.15, 0.2) is 0 Å². The minimum atomic E-state index is -0.588. The van der Waals surface area contributed by atoms with E-state index in [0.717, 1.165) is 25.1 Å². The summed E-state index contributed by atoms with van der Waals surface area (Å²) in [6.45, 7) is 2.05. The van der Waals surface area contributed by atoms with E-state index < -0.39 is 10.8 Å². The smallest absolute Gasteiger partial charge is 0.282 e.